The summed E-state index contributed by atoms with van der Waals surface area (Å²) in [5, 5.41) is 3.53. The SMILES string of the molecule is COc1ccc(C)c2c1C(C1(N)C=Cc3cc(N)ccc3N1)CC2. The van der Waals surface area contributed by atoms with Gasteiger partial charge in [-0.25, -0.2) is 0 Å². The molecule has 1 aliphatic heterocycles. The fraction of sp³-hybridized carbons (Fsp3) is 0.300. The minimum absolute atomic E-state index is 0.171. The van der Waals surface area contributed by atoms with Crippen molar-refractivity contribution < 1.29 is 4.74 Å². The van der Waals surface area contributed by atoms with Crippen LogP contribution in [0.25, 0.3) is 6.08 Å². The molecular weight excluding hydrogens is 298 g/mol. The quantitative estimate of drug-likeness (QED) is 0.741. The van der Waals surface area contributed by atoms with E-state index in [9.17, 15) is 0 Å². The number of hydrogen-bond donors (Lipinski definition) is 3. The zero-order valence-corrected chi connectivity index (χ0v) is 14.1. The second-order valence-electron chi connectivity index (χ2n) is 6.81. The number of anilines is 2. The minimum Gasteiger partial charge on any atom is -0.496 e. The second kappa shape index (κ2) is 5.28. The summed E-state index contributed by atoms with van der Waals surface area (Å²) < 4.78 is 5.64. The maximum absolute atomic E-state index is 6.82. The summed E-state index contributed by atoms with van der Waals surface area (Å²) in [6, 6.07) is 10.0. The van der Waals surface area contributed by atoms with E-state index in [-0.39, 0.29) is 5.92 Å². The zero-order valence-electron chi connectivity index (χ0n) is 14.1. The fourth-order valence-electron chi connectivity index (χ4n) is 4.09. The predicted octanol–water partition coefficient (Wildman–Crippen LogP) is 3.41. The van der Waals surface area contributed by atoms with E-state index in [1.165, 1.54) is 16.7 Å². The normalized spacial score (nSPS) is 24.2. The van der Waals surface area contributed by atoms with E-state index in [4.69, 9.17) is 16.2 Å². The van der Waals surface area contributed by atoms with Crippen LogP contribution in [0.4, 0.5) is 11.4 Å². The molecule has 0 spiro atoms. The number of hydrogen-bond acceptors (Lipinski definition) is 4. The summed E-state index contributed by atoms with van der Waals surface area (Å²) in [5.74, 6) is 1.10. The molecule has 0 saturated carbocycles. The molecule has 0 saturated heterocycles. The molecule has 0 amide bonds. The molecule has 2 aromatic rings. The molecule has 2 atom stereocenters. The first kappa shape index (κ1) is 15.1. The molecule has 2 aliphatic rings. The lowest BCUT2D eigenvalue weighted by Crippen LogP contribution is -2.51. The van der Waals surface area contributed by atoms with Crippen molar-refractivity contribution in [1.29, 1.82) is 0 Å². The highest BCUT2D eigenvalue weighted by atomic mass is 16.5. The number of aryl methyl sites for hydroxylation is 1. The maximum Gasteiger partial charge on any atom is 0.122 e. The Morgan fingerprint density at radius 2 is 2.08 bits per heavy atom. The Bertz CT molecular complexity index is 843. The molecule has 5 N–H and O–H groups in total. The lowest BCUT2D eigenvalue weighted by molar-refractivity contribution is 0.393. The van der Waals surface area contributed by atoms with Crippen molar-refractivity contribution in [2.75, 3.05) is 18.2 Å². The zero-order chi connectivity index (χ0) is 16.9. The average molecular weight is 321 g/mol. The first-order chi connectivity index (χ1) is 11.5. The van der Waals surface area contributed by atoms with Gasteiger partial charge in [0, 0.05) is 22.9 Å². The molecule has 1 heterocycles. The van der Waals surface area contributed by atoms with Crippen molar-refractivity contribution >= 4 is 17.5 Å². The molecule has 24 heavy (non-hydrogen) atoms. The number of fused-ring (bicyclic) bond motifs is 2. The standard InChI is InChI=1S/C20H23N3O/c1-12-3-8-18(24-2)19-15(12)5-6-16(19)20(22)10-9-13-11-14(21)4-7-17(13)23-20/h3-4,7-11,16,23H,5-6,21-22H2,1-2H3. The molecular formula is C20H23N3O. The summed E-state index contributed by atoms with van der Waals surface area (Å²) in [6.45, 7) is 2.16. The fourth-order valence-corrected chi connectivity index (χ4v) is 4.09. The third-order valence-electron chi connectivity index (χ3n) is 5.34. The number of rotatable bonds is 2. The van der Waals surface area contributed by atoms with Crippen molar-refractivity contribution in [3.63, 3.8) is 0 Å². The minimum atomic E-state index is -0.630. The highest BCUT2D eigenvalue weighted by Gasteiger charge is 2.41. The molecule has 124 valence electrons. The lowest BCUT2D eigenvalue weighted by atomic mass is 9.84. The summed E-state index contributed by atoms with van der Waals surface area (Å²) in [5.41, 5.74) is 18.9. The Morgan fingerprint density at radius 1 is 1.25 bits per heavy atom. The van der Waals surface area contributed by atoms with Crippen LogP contribution >= 0.6 is 0 Å². The largest absolute Gasteiger partial charge is 0.496 e. The van der Waals surface area contributed by atoms with Gasteiger partial charge in [-0.15, -0.1) is 0 Å². The number of methoxy groups -OCH3 is 1. The van der Waals surface area contributed by atoms with E-state index in [1.54, 1.807) is 7.11 Å². The Morgan fingerprint density at radius 3 is 2.88 bits per heavy atom. The highest BCUT2D eigenvalue weighted by Crippen LogP contribution is 2.47. The van der Waals surface area contributed by atoms with Gasteiger partial charge in [-0.2, -0.15) is 0 Å². The third-order valence-corrected chi connectivity index (χ3v) is 5.34. The van der Waals surface area contributed by atoms with E-state index < -0.39 is 5.66 Å². The maximum atomic E-state index is 6.82. The second-order valence-corrected chi connectivity index (χ2v) is 6.81. The summed E-state index contributed by atoms with van der Waals surface area (Å²) in [6.07, 6.45) is 6.18. The van der Waals surface area contributed by atoms with Gasteiger partial charge in [-0.05, 0) is 66.8 Å². The van der Waals surface area contributed by atoms with E-state index in [0.717, 1.165) is 35.5 Å². The summed E-state index contributed by atoms with van der Waals surface area (Å²) >= 11 is 0. The van der Waals surface area contributed by atoms with Crippen LogP contribution in [0.5, 0.6) is 5.75 Å². The van der Waals surface area contributed by atoms with Crippen LogP contribution < -0.4 is 21.5 Å². The Kier molecular flexibility index (Phi) is 3.32. The van der Waals surface area contributed by atoms with Crippen LogP contribution in [0.15, 0.2) is 36.4 Å². The monoisotopic (exact) mass is 321 g/mol. The van der Waals surface area contributed by atoms with Crippen LogP contribution in [-0.4, -0.2) is 12.8 Å². The van der Waals surface area contributed by atoms with Crippen molar-refractivity contribution in [2.24, 2.45) is 5.73 Å². The first-order valence-electron chi connectivity index (χ1n) is 8.34. The van der Waals surface area contributed by atoms with Crippen LogP contribution in [-0.2, 0) is 6.42 Å². The third kappa shape index (κ3) is 2.18. The van der Waals surface area contributed by atoms with Gasteiger partial charge in [0.1, 0.15) is 11.4 Å². The van der Waals surface area contributed by atoms with Crippen LogP contribution in [0.1, 0.15) is 34.6 Å². The van der Waals surface area contributed by atoms with Gasteiger partial charge in [0.15, 0.2) is 0 Å². The molecule has 2 unspecified atom stereocenters. The molecule has 4 heteroatoms. The van der Waals surface area contributed by atoms with Gasteiger partial charge in [0.25, 0.3) is 0 Å². The first-order valence-corrected chi connectivity index (χ1v) is 8.34. The molecule has 0 aromatic heterocycles. The van der Waals surface area contributed by atoms with Gasteiger partial charge in [-0.3, -0.25) is 0 Å². The number of nitrogens with one attached hydrogen (secondary N) is 1. The van der Waals surface area contributed by atoms with E-state index in [2.05, 4.69) is 36.5 Å². The van der Waals surface area contributed by atoms with Gasteiger partial charge in [0.2, 0.25) is 0 Å². The van der Waals surface area contributed by atoms with Crippen molar-refractivity contribution in [3.8, 4) is 5.75 Å². The number of nitrogen functional groups attached to an aromatic ring is 1. The summed E-state index contributed by atoms with van der Waals surface area (Å²) in [7, 11) is 1.73. The van der Waals surface area contributed by atoms with Crippen LogP contribution in [0, 0.1) is 6.92 Å². The Labute approximate surface area is 142 Å². The van der Waals surface area contributed by atoms with Gasteiger partial charge in [-0.1, -0.05) is 12.1 Å². The van der Waals surface area contributed by atoms with E-state index in [0.29, 0.717) is 0 Å². The number of ether oxygens (including phenoxy) is 1. The van der Waals surface area contributed by atoms with Crippen molar-refractivity contribution in [3.05, 3.63) is 58.7 Å². The molecule has 4 rings (SSSR count). The topological polar surface area (TPSA) is 73.3 Å². The van der Waals surface area contributed by atoms with Crippen molar-refractivity contribution in [1.82, 2.24) is 0 Å². The average Bonchev–Trinajstić information content (AvgIpc) is 3.03. The lowest BCUT2D eigenvalue weighted by Gasteiger charge is -2.38. The number of nitrogens with two attached hydrogens (primary N) is 2. The van der Waals surface area contributed by atoms with Gasteiger partial charge in [0.05, 0.1) is 7.11 Å². The number of benzene rings is 2. The van der Waals surface area contributed by atoms with Crippen LogP contribution in [0.3, 0.4) is 0 Å². The Balaban J connectivity index is 1.78. The molecule has 4 nitrogen and oxygen atoms in total. The molecule has 0 radical (unpaired) electrons. The molecule has 0 fully saturated rings. The van der Waals surface area contributed by atoms with Gasteiger partial charge < -0.3 is 21.5 Å². The van der Waals surface area contributed by atoms with E-state index in [1.807, 2.05) is 18.2 Å². The van der Waals surface area contributed by atoms with Crippen LogP contribution in [0.2, 0.25) is 0 Å². The summed E-state index contributed by atoms with van der Waals surface area (Å²) in [4.78, 5) is 0. The van der Waals surface area contributed by atoms with E-state index >= 15 is 0 Å². The molecule has 2 aromatic carbocycles. The predicted molar refractivity (Wildman–Crippen MR) is 99.2 cm³/mol. The highest BCUT2D eigenvalue weighted by molar-refractivity contribution is 5.75. The van der Waals surface area contributed by atoms with Gasteiger partial charge >= 0.3 is 0 Å². The smallest absolute Gasteiger partial charge is 0.122 e. The van der Waals surface area contributed by atoms with Crippen molar-refractivity contribution in [2.45, 2.75) is 31.3 Å². The Hall–Kier alpha value is -2.46. The molecule has 0 bridgehead atoms. The molecule has 1 aliphatic carbocycles.